The third-order valence-corrected chi connectivity index (χ3v) is 2.40. The van der Waals surface area contributed by atoms with Crippen molar-refractivity contribution in [2.24, 2.45) is 5.73 Å². The van der Waals surface area contributed by atoms with Gasteiger partial charge < -0.3 is 10.7 Å². The molecule has 16 heavy (non-hydrogen) atoms. The maximum atomic E-state index is 13.3. The summed E-state index contributed by atoms with van der Waals surface area (Å²) < 4.78 is 13.3. The summed E-state index contributed by atoms with van der Waals surface area (Å²) in [6.07, 6.45) is -1.15. The van der Waals surface area contributed by atoms with Crippen LogP contribution in [-0.2, 0) is 13.0 Å². The fraction of sp³-hybridized carbons (Fsp3) is 0.556. The minimum atomic E-state index is -1.21. The Morgan fingerprint density at radius 1 is 1.38 bits per heavy atom. The number of hydrogen-bond acceptors (Lipinski definition) is 3. The van der Waals surface area contributed by atoms with Crippen molar-refractivity contribution in [3.05, 3.63) is 32.1 Å². The molecule has 1 heterocycles. The van der Waals surface area contributed by atoms with Gasteiger partial charge in [-0.15, -0.1) is 11.6 Å². The number of halogens is 2. The lowest BCUT2D eigenvalue weighted by atomic mass is 10.1. The van der Waals surface area contributed by atoms with Crippen LogP contribution in [0.25, 0.3) is 0 Å². The molecule has 0 aliphatic carbocycles. The molecule has 90 valence electrons. The second-order valence-corrected chi connectivity index (χ2v) is 3.73. The zero-order valence-electron chi connectivity index (χ0n) is 8.56. The summed E-state index contributed by atoms with van der Waals surface area (Å²) in [5, 5.41) is 0. The Morgan fingerprint density at radius 3 is 2.62 bits per heavy atom. The van der Waals surface area contributed by atoms with E-state index in [2.05, 4.69) is 4.98 Å². The lowest BCUT2D eigenvalue weighted by molar-refractivity contribution is 0.322. The Kier molecular flexibility index (Phi) is 4.70. The SMILES string of the molecule is NCc1[nH]c(=O)[nH]c(=O)c1CC(F)CCCl. The average Bonchev–Trinajstić information content (AvgIpc) is 2.22. The molecule has 5 nitrogen and oxygen atoms in total. The molecule has 0 amide bonds. The first-order valence-corrected chi connectivity index (χ1v) is 5.36. The second kappa shape index (κ2) is 5.81. The van der Waals surface area contributed by atoms with Crippen LogP contribution in [0, 0.1) is 0 Å². The molecule has 1 unspecified atom stereocenters. The Labute approximate surface area is 95.8 Å². The number of nitrogens with two attached hydrogens (primary N) is 1. The van der Waals surface area contributed by atoms with E-state index in [0.29, 0.717) is 0 Å². The van der Waals surface area contributed by atoms with Crippen LogP contribution in [0.1, 0.15) is 17.7 Å². The predicted octanol–water partition coefficient (Wildman–Crippen LogP) is 0.0314. The first kappa shape index (κ1) is 12.9. The van der Waals surface area contributed by atoms with Crippen molar-refractivity contribution in [1.82, 2.24) is 9.97 Å². The van der Waals surface area contributed by atoms with Crippen LogP contribution in [0.4, 0.5) is 4.39 Å². The Balaban J connectivity index is 3.03. The van der Waals surface area contributed by atoms with Crippen molar-refractivity contribution in [3.63, 3.8) is 0 Å². The third-order valence-electron chi connectivity index (χ3n) is 2.18. The van der Waals surface area contributed by atoms with Gasteiger partial charge in [0.1, 0.15) is 6.17 Å². The van der Waals surface area contributed by atoms with E-state index in [1.54, 1.807) is 0 Å². The number of nitrogens with one attached hydrogen (secondary N) is 2. The minimum absolute atomic E-state index is 0.0118. The summed E-state index contributed by atoms with van der Waals surface area (Å²) in [5.41, 5.74) is 4.58. The van der Waals surface area contributed by atoms with Gasteiger partial charge in [0.05, 0.1) is 0 Å². The number of H-pyrrole nitrogens is 2. The van der Waals surface area contributed by atoms with Crippen LogP contribution >= 0.6 is 11.6 Å². The van der Waals surface area contributed by atoms with E-state index in [1.165, 1.54) is 0 Å². The van der Waals surface area contributed by atoms with Crippen LogP contribution in [0.2, 0.25) is 0 Å². The van der Waals surface area contributed by atoms with E-state index in [-0.39, 0.29) is 36.5 Å². The van der Waals surface area contributed by atoms with Gasteiger partial charge in [-0.1, -0.05) is 0 Å². The summed E-state index contributed by atoms with van der Waals surface area (Å²) in [6.45, 7) is -0.0118. The molecular formula is C9H13ClFN3O2. The smallest absolute Gasteiger partial charge is 0.325 e. The van der Waals surface area contributed by atoms with Crippen molar-refractivity contribution in [2.45, 2.75) is 25.6 Å². The standard InChI is InChI=1S/C9H13ClFN3O2/c10-2-1-5(11)3-6-7(4-12)13-9(16)14-8(6)15/h5H,1-4,12H2,(H2,13,14,15,16). The van der Waals surface area contributed by atoms with Gasteiger partial charge in [-0.3, -0.25) is 9.78 Å². The number of aromatic amines is 2. The largest absolute Gasteiger partial charge is 0.325 e. The highest BCUT2D eigenvalue weighted by atomic mass is 35.5. The summed E-state index contributed by atoms with van der Waals surface area (Å²) >= 11 is 5.39. The third kappa shape index (κ3) is 3.18. The molecule has 0 spiro atoms. The van der Waals surface area contributed by atoms with Crippen molar-refractivity contribution in [3.8, 4) is 0 Å². The minimum Gasteiger partial charge on any atom is -0.325 e. The van der Waals surface area contributed by atoms with Crippen LogP contribution in [0.5, 0.6) is 0 Å². The second-order valence-electron chi connectivity index (χ2n) is 3.35. The molecule has 0 radical (unpaired) electrons. The van der Waals surface area contributed by atoms with E-state index in [1.807, 2.05) is 4.98 Å². The highest BCUT2D eigenvalue weighted by molar-refractivity contribution is 6.17. The molecule has 0 aliphatic rings. The molecule has 7 heteroatoms. The quantitative estimate of drug-likeness (QED) is 0.643. The van der Waals surface area contributed by atoms with Gasteiger partial charge in [-0.25, -0.2) is 9.18 Å². The maximum absolute atomic E-state index is 13.3. The maximum Gasteiger partial charge on any atom is 0.325 e. The highest BCUT2D eigenvalue weighted by Gasteiger charge is 2.14. The van der Waals surface area contributed by atoms with E-state index >= 15 is 0 Å². The van der Waals surface area contributed by atoms with Gasteiger partial charge in [0.2, 0.25) is 0 Å². The van der Waals surface area contributed by atoms with Gasteiger partial charge in [0.25, 0.3) is 5.56 Å². The van der Waals surface area contributed by atoms with Crippen molar-refractivity contribution in [2.75, 3.05) is 5.88 Å². The first-order valence-electron chi connectivity index (χ1n) is 4.83. The van der Waals surface area contributed by atoms with Crippen LogP contribution in [0.3, 0.4) is 0 Å². The van der Waals surface area contributed by atoms with E-state index < -0.39 is 17.4 Å². The molecular weight excluding hydrogens is 237 g/mol. The zero-order chi connectivity index (χ0) is 12.1. The number of alkyl halides is 2. The fourth-order valence-corrected chi connectivity index (χ4v) is 1.63. The monoisotopic (exact) mass is 249 g/mol. The number of hydrogen-bond donors (Lipinski definition) is 3. The summed E-state index contributed by atoms with van der Waals surface area (Å²) in [4.78, 5) is 26.8. The van der Waals surface area contributed by atoms with E-state index in [4.69, 9.17) is 17.3 Å². The molecule has 0 bridgehead atoms. The van der Waals surface area contributed by atoms with Gasteiger partial charge in [0.15, 0.2) is 0 Å². The normalized spacial score (nSPS) is 12.7. The van der Waals surface area contributed by atoms with Crippen LogP contribution < -0.4 is 17.0 Å². The topological polar surface area (TPSA) is 91.7 Å². The van der Waals surface area contributed by atoms with Gasteiger partial charge in [-0.05, 0) is 6.42 Å². The molecule has 0 saturated carbocycles. The zero-order valence-corrected chi connectivity index (χ0v) is 9.31. The Bertz CT molecular complexity index is 457. The lowest BCUT2D eigenvalue weighted by Gasteiger charge is -2.08. The summed E-state index contributed by atoms with van der Waals surface area (Å²) in [6, 6.07) is 0. The van der Waals surface area contributed by atoms with Crippen molar-refractivity contribution >= 4 is 11.6 Å². The molecule has 0 aliphatic heterocycles. The van der Waals surface area contributed by atoms with Gasteiger partial charge >= 0.3 is 5.69 Å². The first-order chi connectivity index (χ1) is 7.58. The van der Waals surface area contributed by atoms with Crippen LogP contribution in [-0.4, -0.2) is 22.0 Å². The van der Waals surface area contributed by atoms with E-state index in [0.717, 1.165) is 0 Å². The van der Waals surface area contributed by atoms with Gasteiger partial charge in [0, 0.05) is 30.1 Å². The molecule has 1 atom stereocenters. The number of aromatic nitrogens is 2. The Hall–Kier alpha value is -1.14. The molecule has 4 N–H and O–H groups in total. The molecule has 1 aromatic rings. The molecule has 0 saturated heterocycles. The molecule has 1 aromatic heterocycles. The van der Waals surface area contributed by atoms with Crippen molar-refractivity contribution < 1.29 is 4.39 Å². The fourth-order valence-electron chi connectivity index (χ4n) is 1.39. The highest BCUT2D eigenvalue weighted by Crippen LogP contribution is 2.08. The summed E-state index contributed by atoms with van der Waals surface area (Å²) in [5.74, 6) is 0.181. The lowest BCUT2D eigenvalue weighted by Crippen LogP contribution is -2.30. The predicted molar refractivity (Wildman–Crippen MR) is 59.5 cm³/mol. The van der Waals surface area contributed by atoms with E-state index in [9.17, 15) is 14.0 Å². The Morgan fingerprint density at radius 2 is 2.06 bits per heavy atom. The van der Waals surface area contributed by atoms with Crippen LogP contribution in [0.15, 0.2) is 9.59 Å². The van der Waals surface area contributed by atoms with Gasteiger partial charge in [-0.2, -0.15) is 0 Å². The molecule has 0 fully saturated rings. The summed E-state index contributed by atoms with van der Waals surface area (Å²) in [7, 11) is 0. The molecule has 0 aromatic carbocycles. The van der Waals surface area contributed by atoms with Crippen molar-refractivity contribution in [1.29, 1.82) is 0 Å². The number of rotatable bonds is 5. The average molecular weight is 250 g/mol. The molecule has 1 rings (SSSR count).